The van der Waals surface area contributed by atoms with E-state index in [1.165, 1.54) is 12.1 Å². The Morgan fingerprint density at radius 2 is 2.00 bits per heavy atom. The number of aromatic nitrogens is 2. The summed E-state index contributed by atoms with van der Waals surface area (Å²) in [5.74, 6) is 0.567. The molecule has 0 saturated heterocycles. The summed E-state index contributed by atoms with van der Waals surface area (Å²) in [4.78, 5) is 6.26. The number of rotatable bonds is 4. The van der Waals surface area contributed by atoms with Crippen LogP contribution in [-0.4, -0.2) is 45.9 Å². The van der Waals surface area contributed by atoms with Crippen LogP contribution in [0.2, 0.25) is 0 Å². The predicted molar refractivity (Wildman–Crippen MR) is 65.3 cm³/mol. The second-order valence-electron chi connectivity index (χ2n) is 4.27. The molecule has 0 radical (unpaired) electrons. The van der Waals surface area contributed by atoms with E-state index < -0.39 is 0 Å². The quantitative estimate of drug-likeness (QED) is 0.793. The molecule has 2 aromatic rings. The first kappa shape index (κ1) is 12.4. The van der Waals surface area contributed by atoms with E-state index in [2.05, 4.69) is 10.1 Å². The number of hydrogen-bond donors (Lipinski definition) is 2. The molecular weight excluding hydrogens is 234 g/mol. The third-order valence-electron chi connectivity index (χ3n) is 2.47. The average molecular weight is 249 g/mol. The zero-order valence-corrected chi connectivity index (χ0v) is 10.3. The minimum absolute atomic E-state index is 0.175. The van der Waals surface area contributed by atoms with Gasteiger partial charge in [-0.25, -0.2) is 0 Å². The van der Waals surface area contributed by atoms with Crippen molar-refractivity contribution in [3.63, 3.8) is 0 Å². The van der Waals surface area contributed by atoms with Crippen LogP contribution >= 0.6 is 0 Å². The fourth-order valence-corrected chi connectivity index (χ4v) is 1.45. The van der Waals surface area contributed by atoms with Gasteiger partial charge in [0.25, 0.3) is 5.89 Å². The molecule has 0 unspecified atom stereocenters. The van der Waals surface area contributed by atoms with Crippen molar-refractivity contribution in [1.82, 2.24) is 15.0 Å². The van der Waals surface area contributed by atoms with E-state index in [1.54, 1.807) is 6.07 Å². The minimum atomic E-state index is -0.208. The molecule has 2 rings (SSSR count). The number of benzene rings is 1. The van der Waals surface area contributed by atoms with Crippen LogP contribution in [-0.2, 0) is 6.42 Å². The normalized spacial score (nSPS) is 11.1. The number of hydrogen-bond acceptors (Lipinski definition) is 6. The average Bonchev–Trinajstić information content (AvgIpc) is 2.79. The first-order valence-electron chi connectivity index (χ1n) is 5.56. The Hall–Kier alpha value is -2.08. The van der Waals surface area contributed by atoms with Crippen molar-refractivity contribution in [1.29, 1.82) is 0 Å². The van der Waals surface area contributed by atoms with Gasteiger partial charge in [0.05, 0.1) is 0 Å². The topological polar surface area (TPSA) is 82.6 Å². The van der Waals surface area contributed by atoms with Gasteiger partial charge in [0, 0.05) is 18.5 Å². The van der Waals surface area contributed by atoms with Gasteiger partial charge < -0.3 is 19.6 Å². The van der Waals surface area contributed by atoms with Crippen molar-refractivity contribution in [2.24, 2.45) is 0 Å². The number of nitrogens with zero attached hydrogens (tertiary/aromatic N) is 3. The van der Waals surface area contributed by atoms with E-state index in [-0.39, 0.29) is 11.5 Å². The Kier molecular flexibility index (Phi) is 3.47. The van der Waals surface area contributed by atoms with Gasteiger partial charge in [0.2, 0.25) is 0 Å². The van der Waals surface area contributed by atoms with E-state index in [0.717, 1.165) is 6.54 Å². The van der Waals surface area contributed by atoms with Gasteiger partial charge in [-0.3, -0.25) is 0 Å². The van der Waals surface area contributed by atoms with Crippen LogP contribution in [0.1, 0.15) is 5.82 Å². The fourth-order valence-electron chi connectivity index (χ4n) is 1.45. The van der Waals surface area contributed by atoms with Crippen molar-refractivity contribution in [3.8, 4) is 23.0 Å². The summed E-state index contributed by atoms with van der Waals surface area (Å²) in [5, 5.41) is 22.5. The van der Waals surface area contributed by atoms with Gasteiger partial charge in [-0.15, -0.1) is 0 Å². The van der Waals surface area contributed by atoms with E-state index in [9.17, 15) is 10.2 Å². The molecule has 0 bridgehead atoms. The molecule has 2 N–H and O–H groups in total. The van der Waals surface area contributed by atoms with E-state index in [1.807, 2.05) is 19.0 Å². The molecule has 0 aliphatic carbocycles. The van der Waals surface area contributed by atoms with Gasteiger partial charge in [-0.05, 0) is 32.3 Å². The van der Waals surface area contributed by atoms with Gasteiger partial charge in [0.15, 0.2) is 17.3 Å². The molecule has 0 fully saturated rings. The standard InChI is InChI=1S/C12H15N3O3/c1-15(2)6-5-11-13-12(18-14-11)8-3-4-9(16)10(17)7-8/h3-4,7,16-17H,5-6H2,1-2H3. The SMILES string of the molecule is CN(C)CCc1noc(-c2ccc(O)c(O)c2)n1. The first-order valence-corrected chi connectivity index (χ1v) is 5.56. The number of phenols is 2. The molecule has 6 nitrogen and oxygen atoms in total. The Bertz CT molecular complexity index is 537. The summed E-state index contributed by atoms with van der Waals surface area (Å²) >= 11 is 0. The van der Waals surface area contributed by atoms with Crippen LogP contribution in [0.5, 0.6) is 11.5 Å². The van der Waals surface area contributed by atoms with Gasteiger partial charge in [-0.1, -0.05) is 5.16 Å². The van der Waals surface area contributed by atoms with Gasteiger partial charge >= 0.3 is 0 Å². The Labute approximate surface area is 104 Å². The molecule has 18 heavy (non-hydrogen) atoms. The fraction of sp³-hybridized carbons (Fsp3) is 0.333. The Morgan fingerprint density at radius 3 is 2.67 bits per heavy atom. The lowest BCUT2D eigenvalue weighted by Crippen LogP contribution is -2.15. The van der Waals surface area contributed by atoms with E-state index >= 15 is 0 Å². The van der Waals surface area contributed by atoms with Crippen LogP contribution < -0.4 is 0 Å². The largest absolute Gasteiger partial charge is 0.504 e. The minimum Gasteiger partial charge on any atom is -0.504 e. The summed E-state index contributed by atoms with van der Waals surface area (Å²) in [7, 11) is 3.94. The van der Waals surface area contributed by atoms with Crippen molar-refractivity contribution in [2.75, 3.05) is 20.6 Å². The Morgan fingerprint density at radius 1 is 1.22 bits per heavy atom. The molecule has 0 aliphatic heterocycles. The van der Waals surface area contributed by atoms with Crippen LogP contribution in [0.25, 0.3) is 11.5 Å². The lowest BCUT2D eigenvalue weighted by Gasteiger charge is -2.05. The molecule has 1 aromatic heterocycles. The zero-order valence-electron chi connectivity index (χ0n) is 10.3. The van der Waals surface area contributed by atoms with Crippen molar-refractivity contribution in [2.45, 2.75) is 6.42 Å². The summed E-state index contributed by atoms with van der Waals surface area (Å²) in [6, 6.07) is 4.38. The van der Waals surface area contributed by atoms with Crippen LogP contribution in [0, 0.1) is 0 Å². The highest BCUT2D eigenvalue weighted by atomic mass is 16.5. The molecule has 0 amide bonds. The Balaban J connectivity index is 2.16. The summed E-state index contributed by atoms with van der Waals surface area (Å²) in [5.41, 5.74) is 0.578. The monoisotopic (exact) mass is 249 g/mol. The van der Waals surface area contributed by atoms with Gasteiger partial charge in [-0.2, -0.15) is 4.98 Å². The number of aromatic hydroxyl groups is 2. The molecule has 1 aromatic carbocycles. The van der Waals surface area contributed by atoms with E-state index in [4.69, 9.17) is 4.52 Å². The molecule has 0 atom stereocenters. The van der Waals surface area contributed by atoms with Crippen LogP contribution in [0.15, 0.2) is 22.7 Å². The molecule has 0 spiro atoms. The molecule has 96 valence electrons. The van der Waals surface area contributed by atoms with Gasteiger partial charge in [0.1, 0.15) is 0 Å². The van der Waals surface area contributed by atoms with Crippen molar-refractivity contribution < 1.29 is 14.7 Å². The summed E-state index contributed by atoms with van der Waals surface area (Å²) in [6.45, 7) is 0.833. The maximum atomic E-state index is 9.40. The second-order valence-corrected chi connectivity index (χ2v) is 4.27. The first-order chi connectivity index (χ1) is 8.56. The van der Waals surface area contributed by atoms with Crippen LogP contribution in [0.3, 0.4) is 0 Å². The third kappa shape index (κ3) is 2.78. The van der Waals surface area contributed by atoms with Crippen molar-refractivity contribution in [3.05, 3.63) is 24.0 Å². The maximum Gasteiger partial charge on any atom is 0.258 e. The lowest BCUT2D eigenvalue weighted by molar-refractivity contribution is 0.391. The second kappa shape index (κ2) is 5.05. The lowest BCUT2D eigenvalue weighted by atomic mass is 10.2. The van der Waals surface area contributed by atoms with Crippen LogP contribution in [0.4, 0.5) is 0 Å². The van der Waals surface area contributed by atoms with E-state index in [0.29, 0.717) is 23.7 Å². The number of phenolic OH excluding ortho intramolecular Hbond substituents is 2. The van der Waals surface area contributed by atoms with Crippen molar-refractivity contribution >= 4 is 0 Å². The predicted octanol–water partition coefficient (Wildman–Crippen LogP) is 1.25. The smallest absolute Gasteiger partial charge is 0.258 e. The number of likely N-dealkylation sites (N-methyl/N-ethyl adjacent to an activating group) is 1. The molecule has 0 saturated carbocycles. The summed E-state index contributed by atoms with van der Waals surface area (Å²) < 4.78 is 5.11. The highest BCUT2D eigenvalue weighted by Crippen LogP contribution is 2.29. The molecule has 0 aliphatic rings. The molecular formula is C12H15N3O3. The molecule has 1 heterocycles. The zero-order chi connectivity index (χ0) is 13.1. The maximum absolute atomic E-state index is 9.40. The molecule has 6 heteroatoms. The highest BCUT2D eigenvalue weighted by Gasteiger charge is 2.11. The highest BCUT2D eigenvalue weighted by molar-refractivity contribution is 5.58. The summed E-state index contributed by atoms with van der Waals surface area (Å²) in [6.07, 6.45) is 0.695. The third-order valence-corrected chi connectivity index (χ3v) is 2.47.